The summed E-state index contributed by atoms with van der Waals surface area (Å²) in [6.45, 7) is 9.70. The molecule has 0 spiro atoms. The maximum Gasteiger partial charge on any atom is 0.0768 e. The summed E-state index contributed by atoms with van der Waals surface area (Å²) in [5.41, 5.74) is -0.653. The van der Waals surface area contributed by atoms with Gasteiger partial charge in [-0.1, -0.05) is 6.92 Å². The largest absolute Gasteiger partial charge is 0.389 e. The highest BCUT2D eigenvalue weighted by Crippen LogP contribution is 2.33. The van der Waals surface area contributed by atoms with E-state index in [2.05, 4.69) is 19.2 Å². The highest BCUT2D eigenvalue weighted by atomic mass is 16.5. The van der Waals surface area contributed by atoms with Crippen LogP contribution in [0, 0.1) is 0 Å². The van der Waals surface area contributed by atoms with Gasteiger partial charge in [0.15, 0.2) is 0 Å². The van der Waals surface area contributed by atoms with Gasteiger partial charge >= 0.3 is 0 Å². The van der Waals surface area contributed by atoms with E-state index in [1.165, 1.54) is 0 Å². The fourth-order valence-electron chi connectivity index (χ4n) is 2.18. The first kappa shape index (κ1) is 12.9. The van der Waals surface area contributed by atoms with Crippen molar-refractivity contribution in [2.24, 2.45) is 0 Å². The highest BCUT2D eigenvalue weighted by Gasteiger charge is 2.35. The molecule has 3 heteroatoms. The molecule has 0 saturated carbocycles. The van der Waals surface area contributed by atoms with Crippen molar-refractivity contribution in [2.45, 2.75) is 64.3 Å². The Balaban J connectivity index is 2.35. The van der Waals surface area contributed by atoms with Gasteiger partial charge in [0, 0.05) is 13.0 Å². The van der Waals surface area contributed by atoms with Crippen molar-refractivity contribution in [1.82, 2.24) is 5.32 Å². The molecule has 0 aromatic carbocycles. The quantitative estimate of drug-likeness (QED) is 0.733. The summed E-state index contributed by atoms with van der Waals surface area (Å²) in [7, 11) is 0. The molecule has 0 aromatic heterocycles. The Morgan fingerprint density at radius 1 is 1.53 bits per heavy atom. The second-order valence-electron chi connectivity index (χ2n) is 5.52. The monoisotopic (exact) mass is 215 g/mol. The summed E-state index contributed by atoms with van der Waals surface area (Å²) in [6.07, 6.45) is 3.10. The molecule has 0 amide bonds. The maximum atomic E-state index is 10.1. The number of ether oxygens (including phenoxy) is 1. The van der Waals surface area contributed by atoms with Crippen molar-refractivity contribution in [3.63, 3.8) is 0 Å². The second-order valence-corrected chi connectivity index (χ2v) is 5.52. The summed E-state index contributed by atoms with van der Waals surface area (Å²) < 4.78 is 5.88. The Kier molecular flexibility index (Phi) is 4.15. The molecular formula is C12H25NO2. The first-order chi connectivity index (χ1) is 6.85. The van der Waals surface area contributed by atoms with Gasteiger partial charge in [-0.25, -0.2) is 0 Å². The lowest BCUT2D eigenvalue weighted by Crippen LogP contribution is -2.40. The van der Waals surface area contributed by atoms with Crippen molar-refractivity contribution >= 4 is 0 Å². The number of rotatable bonds is 5. The van der Waals surface area contributed by atoms with Crippen LogP contribution in [0.4, 0.5) is 0 Å². The van der Waals surface area contributed by atoms with Crippen LogP contribution in [0.15, 0.2) is 0 Å². The van der Waals surface area contributed by atoms with Gasteiger partial charge in [0.1, 0.15) is 0 Å². The lowest BCUT2D eigenvalue weighted by molar-refractivity contribution is -0.0573. The summed E-state index contributed by atoms with van der Waals surface area (Å²) in [5, 5.41) is 13.3. The van der Waals surface area contributed by atoms with E-state index in [4.69, 9.17) is 4.74 Å². The molecule has 3 nitrogen and oxygen atoms in total. The predicted molar refractivity (Wildman–Crippen MR) is 62.0 cm³/mol. The Labute approximate surface area is 93.2 Å². The molecule has 1 aliphatic rings. The lowest BCUT2D eigenvalue weighted by Gasteiger charge is -2.28. The normalized spacial score (nSPS) is 29.0. The zero-order chi connectivity index (χ0) is 11.5. The molecule has 1 heterocycles. The second kappa shape index (κ2) is 4.81. The van der Waals surface area contributed by atoms with Crippen LogP contribution in [0.5, 0.6) is 0 Å². The molecule has 2 N–H and O–H groups in total. The van der Waals surface area contributed by atoms with E-state index in [1.807, 2.05) is 13.8 Å². The Morgan fingerprint density at radius 2 is 2.20 bits per heavy atom. The van der Waals surface area contributed by atoms with Gasteiger partial charge in [-0.2, -0.15) is 0 Å². The van der Waals surface area contributed by atoms with Gasteiger partial charge in [0.05, 0.1) is 17.3 Å². The van der Waals surface area contributed by atoms with Gasteiger partial charge in [0.2, 0.25) is 0 Å². The number of nitrogens with one attached hydrogen (secondary N) is 1. The molecule has 2 unspecified atom stereocenters. The van der Waals surface area contributed by atoms with Gasteiger partial charge in [-0.05, 0) is 40.2 Å². The average molecular weight is 215 g/mol. The Hall–Kier alpha value is -0.120. The van der Waals surface area contributed by atoms with Crippen LogP contribution in [-0.4, -0.2) is 35.5 Å². The van der Waals surface area contributed by atoms with E-state index in [0.29, 0.717) is 6.54 Å². The summed E-state index contributed by atoms with van der Waals surface area (Å²) in [5.74, 6) is 0. The van der Waals surface area contributed by atoms with Gasteiger partial charge in [0.25, 0.3) is 0 Å². The molecule has 2 atom stereocenters. The number of aliphatic hydroxyl groups is 1. The number of likely N-dealkylation sites (N-methyl/N-ethyl adjacent to an activating group) is 1. The van der Waals surface area contributed by atoms with E-state index in [-0.39, 0.29) is 11.7 Å². The van der Waals surface area contributed by atoms with Crippen molar-refractivity contribution in [2.75, 3.05) is 13.1 Å². The van der Waals surface area contributed by atoms with E-state index < -0.39 is 5.60 Å². The van der Waals surface area contributed by atoms with Gasteiger partial charge < -0.3 is 15.2 Å². The molecule has 1 saturated heterocycles. The minimum atomic E-state index is -0.652. The topological polar surface area (TPSA) is 41.5 Å². The lowest BCUT2D eigenvalue weighted by atomic mass is 9.96. The Bertz CT molecular complexity index is 202. The van der Waals surface area contributed by atoms with Crippen LogP contribution in [0.2, 0.25) is 0 Å². The molecule has 0 radical (unpaired) electrons. The first-order valence-electron chi connectivity index (χ1n) is 5.95. The van der Waals surface area contributed by atoms with E-state index in [9.17, 15) is 5.11 Å². The zero-order valence-electron chi connectivity index (χ0n) is 10.5. The van der Waals surface area contributed by atoms with E-state index >= 15 is 0 Å². The SMILES string of the molecule is CCNCC(C)(O)CC1CCC(C)(C)O1. The smallest absolute Gasteiger partial charge is 0.0768 e. The van der Waals surface area contributed by atoms with Crippen molar-refractivity contribution in [3.05, 3.63) is 0 Å². The molecule has 0 aromatic rings. The third-order valence-electron chi connectivity index (χ3n) is 2.98. The van der Waals surface area contributed by atoms with Crippen LogP contribution in [0.25, 0.3) is 0 Å². The average Bonchev–Trinajstić information content (AvgIpc) is 2.41. The van der Waals surface area contributed by atoms with Crippen LogP contribution < -0.4 is 5.32 Å². The maximum absolute atomic E-state index is 10.1. The minimum absolute atomic E-state index is 0.00106. The molecular weight excluding hydrogens is 190 g/mol. The molecule has 15 heavy (non-hydrogen) atoms. The number of hydrogen-bond acceptors (Lipinski definition) is 3. The summed E-state index contributed by atoms with van der Waals surface area (Å²) in [4.78, 5) is 0. The van der Waals surface area contributed by atoms with Crippen molar-refractivity contribution < 1.29 is 9.84 Å². The fraction of sp³-hybridized carbons (Fsp3) is 1.00. The first-order valence-corrected chi connectivity index (χ1v) is 5.95. The molecule has 90 valence electrons. The van der Waals surface area contributed by atoms with E-state index in [1.54, 1.807) is 0 Å². The molecule has 1 fully saturated rings. The highest BCUT2D eigenvalue weighted by molar-refractivity contribution is 4.87. The van der Waals surface area contributed by atoms with Crippen molar-refractivity contribution in [3.8, 4) is 0 Å². The molecule has 1 aliphatic heterocycles. The van der Waals surface area contributed by atoms with Crippen LogP contribution in [-0.2, 0) is 4.74 Å². The fourth-order valence-corrected chi connectivity index (χ4v) is 2.18. The van der Waals surface area contributed by atoms with Crippen LogP contribution in [0.3, 0.4) is 0 Å². The van der Waals surface area contributed by atoms with Crippen LogP contribution >= 0.6 is 0 Å². The summed E-state index contributed by atoms with van der Waals surface area (Å²) in [6, 6.07) is 0. The minimum Gasteiger partial charge on any atom is -0.389 e. The third kappa shape index (κ3) is 4.49. The molecule has 1 rings (SSSR count). The zero-order valence-corrected chi connectivity index (χ0v) is 10.5. The number of hydrogen-bond donors (Lipinski definition) is 2. The van der Waals surface area contributed by atoms with Crippen LogP contribution in [0.1, 0.15) is 47.0 Å². The van der Waals surface area contributed by atoms with Gasteiger partial charge in [-0.15, -0.1) is 0 Å². The summed E-state index contributed by atoms with van der Waals surface area (Å²) >= 11 is 0. The Morgan fingerprint density at radius 3 is 2.67 bits per heavy atom. The van der Waals surface area contributed by atoms with Crippen molar-refractivity contribution in [1.29, 1.82) is 0 Å². The molecule has 0 bridgehead atoms. The predicted octanol–water partition coefficient (Wildman–Crippen LogP) is 1.69. The van der Waals surface area contributed by atoms with E-state index in [0.717, 1.165) is 25.8 Å². The third-order valence-corrected chi connectivity index (χ3v) is 2.98. The standard InChI is InChI=1S/C12H25NO2/c1-5-13-9-12(4,14)8-10-6-7-11(2,3)15-10/h10,13-14H,5-9H2,1-4H3. The molecule has 0 aliphatic carbocycles. The van der Waals surface area contributed by atoms with Gasteiger partial charge in [-0.3, -0.25) is 0 Å².